The number of imidazole rings is 1. The fraction of sp³-hybridized carbons (Fsp3) is 0.353. The number of benzene rings is 1. The topological polar surface area (TPSA) is 71.1 Å². The Bertz CT molecular complexity index is 1050. The maximum Gasteiger partial charge on any atom is 0.332 e. The highest BCUT2D eigenvalue weighted by Gasteiger charge is 2.17. The fourth-order valence-electron chi connectivity index (χ4n) is 2.72. The van der Waals surface area contributed by atoms with Crippen LogP contribution in [-0.2, 0) is 27.6 Å². The zero-order valence-electron chi connectivity index (χ0n) is 14.6. The minimum Gasteiger partial charge on any atom is -0.497 e. The first kappa shape index (κ1) is 17.3. The third-order valence-corrected chi connectivity index (χ3v) is 5.22. The number of ether oxygens (including phenoxy) is 1. The summed E-state index contributed by atoms with van der Waals surface area (Å²) in [5.74, 6) is 1.64. The lowest BCUT2D eigenvalue weighted by molar-refractivity contribution is 0.414. The molecule has 8 heteroatoms. The monoisotopic (exact) mass is 360 g/mol. The van der Waals surface area contributed by atoms with Crippen molar-refractivity contribution in [1.29, 1.82) is 0 Å². The van der Waals surface area contributed by atoms with E-state index < -0.39 is 0 Å². The highest BCUT2D eigenvalue weighted by molar-refractivity contribution is 7.99. The highest BCUT2D eigenvalue weighted by atomic mass is 32.2. The average molecular weight is 360 g/mol. The van der Waals surface area contributed by atoms with Crippen LogP contribution in [0.1, 0.15) is 5.56 Å². The first-order valence-electron chi connectivity index (χ1n) is 7.82. The molecule has 0 atom stereocenters. The third-order valence-electron chi connectivity index (χ3n) is 4.19. The van der Waals surface area contributed by atoms with Crippen molar-refractivity contribution >= 4 is 22.9 Å². The van der Waals surface area contributed by atoms with E-state index in [1.165, 1.54) is 17.2 Å². The molecule has 0 saturated heterocycles. The summed E-state index contributed by atoms with van der Waals surface area (Å²) in [6.45, 7) is 0. The molecule has 132 valence electrons. The van der Waals surface area contributed by atoms with Crippen molar-refractivity contribution < 1.29 is 4.74 Å². The predicted molar refractivity (Wildman–Crippen MR) is 98.6 cm³/mol. The van der Waals surface area contributed by atoms with E-state index in [1.807, 2.05) is 18.2 Å². The van der Waals surface area contributed by atoms with Gasteiger partial charge in [-0.15, -0.1) is 0 Å². The molecule has 0 radical (unpaired) electrons. The summed E-state index contributed by atoms with van der Waals surface area (Å²) in [7, 11) is 6.56. The normalized spacial score (nSPS) is 11.2. The van der Waals surface area contributed by atoms with Crippen LogP contribution >= 0.6 is 11.8 Å². The second-order valence-electron chi connectivity index (χ2n) is 5.78. The molecular weight excluding hydrogens is 340 g/mol. The molecule has 0 unspecified atom stereocenters. The molecule has 3 rings (SSSR count). The number of thioether (sulfide) groups is 1. The number of aryl methyl sites for hydroxylation is 3. The molecule has 25 heavy (non-hydrogen) atoms. The molecule has 2 heterocycles. The van der Waals surface area contributed by atoms with E-state index in [-0.39, 0.29) is 11.2 Å². The van der Waals surface area contributed by atoms with Crippen LogP contribution in [0.5, 0.6) is 5.75 Å². The van der Waals surface area contributed by atoms with Crippen molar-refractivity contribution in [2.75, 3.05) is 12.9 Å². The lowest BCUT2D eigenvalue weighted by Crippen LogP contribution is -2.37. The Morgan fingerprint density at radius 1 is 1.12 bits per heavy atom. The molecule has 0 amide bonds. The number of hydrogen-bond acceptors (Lipinski definition) is 5. The summed E-state index contributed by atoms with van der Waals surface area (Å²) < 4.78 is 9.50. The van der Waals surface area contributed by atoms with Crippen molar-refractivity contribution in [2.24, 2.45) is 21.1 Å². The number of fused-ring (bicyclic) bond motifs is 1. The SMILES string of the molecule is COc1cccc(CCSc2nc3c(c(=O)n(C)c(=O)n3C)n2C)c1. The lowest BCUT2D eigenvalue weighted by Gasteiger charge is -2.05. The Balaban J connectivity index is 1.86. The van der Waals surface area contributed by atoms with Gasteiger partial charge in [0.25, 0.3) is 5.56 Å². The van der Waals surface area contributed by atoms with Gasteiger partial charge in [0.1, 0.15) is 5.75 Å². The van der Waals surface area contributed by atoms with Gasteiger partial charge < -0.3 is 9.30 Å². The Labute approximate surface area is 148 Å². The lowest BCUT2D eigenvalue weighted by atomic mass is 10.2. The van der Waals surface area contributed by atoms with Gasteiger partial charge in [-0.3, -0.25) is 13.9 Å². The van der Waals surface area contributed by atoms with Gasteiger partial charge in [0, 0.05) is 26.9 Å². The molecule has 1 aromatic carbocycles. The summed E-state index contributed by atoms with van der Waals surface area (Å²) in [5, 5.41) is 0.719. The third kappa shape index (κ3) is 3.09. The highest BCUT2D eigenvalue weighted by Crippen LogP contribution is 2.22. The van der Waals surface area contributed by atoms with Crippen LogP contribution in [0, 0.1) is 0 Å². The second-order valence-corrected chi connectivity index (χ2v) is 6.84. The zero-order chi connectivity index (χ0) is 18.1. The Morgan fingerprint density at radius 3 is 2.60 bits per heavy atom. The average Bonchev–Trinajstić information content (AvgIpc) is 2.95. The first-order chi connectivity index (χ1) is 11.9. The maximum atomic E-state index is 12.4. The Kier molecular flexibility index (Phi) is 4.71. The van der Waals surface area contributed by atoms with Crippen molar-refractivity contribution in [3.05, 3.63) is 50.7 Å². The van der Waals surface area contributed by atoms with E-state index in [9.17, 15) is 9.59 Å². The molecule has 0 bridgehead atoms. The van der Waals surface area contributed by atoms with Gasteiger partial charge in [-0.1, -0.05) is 23.9 Å². The number of hydrogen-bond donors (Lipinski definition) is 0. The molecule has 7 nitrogen and oxygen atoms in total. The number of rotatable bonds is 5. The molecular formula is C17H20N4O3S. The fourth-order valence-corrected chi connectivity index (χ4v) is 3.67. The number of methoxy groups -OCH3 is 1. The summed E-state index contributed by atoms with van der Waals surface area (Å²) in [6, 6.07) is 7.94. The number of aromatic nitrogens is 4. The Morgan fingerprint density at radius 2 is 1.88 bits per heavy atom. The van der Waals surface area contributed by atoms with Gasteiger partial charge in [0.05, 0.1) is 7.11 Å². The molecule has 0 aliphatic carbocycles. The van der Waals surface area contributed by atoms with Crippen molar-refractivity contribution in [1.82, 2.24) is 18.7 Å². The van der Waals surface area contributed by atoms with Crippen molar-refractivity contribution in [2.45, 2.75) is 11.6 Å². The molecule has 0 fully saturated rings. The minimum absolute atomic E-state index is 0.326. The molecule has 0 N–H and O–H groups in total. The van der Waals surface area contributed by atoms with Crippen molar-refractivity contribution in [3.63, 3.8) is 0 Å². The van der Waals surface area contributed by atoms with Crippen LogP contribution < -0.4 is 16.0 Å². The summed E-state index contributed by atoms with van der Waals surface area (Å²) in [4.78, 5) is 28.9. The van der Waals surface area contributed by atoms with Crippen LogP contribution in [0.15, 0.2) is 39.0 Å². The van der Waals surface area contributed by atoms with Crippen LogP contribution in [0.2, 0.25) is 0 Å². The summed E-state index contributed by atoms with van der Waals surface area (Å²) in [5.41, 5.74) is 1.33. The molecule has 0 aliphatic rings. The van der Waals surface area contributed by atoms with E-state index in [0.717, 1.165) is 27.6 Å². The molecule has 3 aromatic rings. The van der Waals surface area contributed by atoms with Gasteiger partial charge in [0.2, 0.25) is 0 Å². The van der Waals surface area contributed by atoms with E-state index in [2.05, 4.69) is 11.1 Å². The van der Waals surface area contributed by atoms with E-state index in [0.29, 0.717) is 11.2 Å². The molecule has 0 spiro atoms. The first-order valence-corrected chi connectivity index (χ1v) is 8.80. The van der Waals surface area contributed by atoms with Crippen LogP contribution in [-0.4, -0.2) is 31.5 Å². The van der Waals surface area contributed by atoms with Gasteiger partial charge in [0.15, 0.2) is 16.3 Å². The molecule has 2 aromatic heterocycles. The molecule has 0 saturated carbocycles. The second kappa shape index (κ2) is 6.79. The van der Waals surface area contributed by atoms with E-state index >= 15 is 0 Å². The van der Waals surface area contributed by atoms with Gasteiger partial charge in [-0.25, -0.2) is 9.78 Å². The smallest absolute Gasteiger partial charge is 0.332 e. The molecule has 0 aliphatic heterocycles. The van der Waals surface area contributed by atoms with Crippen LogP contribution in [0.25, 0.3) is 11.2 Å². The van der Waals surface area contributed by atoms with Gasteiger partial charge in [-0.2, -0.15) is 0 Å². The van der Waals surface area contributed by atoms with E-state index in [4.69, 9.17) is 4.74 Å². The maximum absolute atomic E-state index is 12.4. The summed E-state index contributed by atoms with van der Waals surface area (Å²) >= 11 is 1.56. The quantitative estimate of drug-likeness (QED) is 0.642. The van der Waals surface area contributed by atoms with Gasteiger partial charge >= 0.3 is 5.69 Å². The van der Waals surface area contributed by atoms with Crippen LogP contribution in [0.3, 0.4) is 0 Å². The Hall–Kier alpha value is -2.48. The van der Waals surface area contributed by atoms with Crippen LogP contribution in [0.4, 0.5) is 0 Å². The summed E-state index contributed by atoms with van der Waals surface area (Å²) in [6.07, 6.45) is 0.849. The number of nitrogens with zero attached hydrogens (tertiary/aromatic N) is 4. The van der Waals surface area contributed by atoms with E-state index in [1.54, 1.807) is 37.5 Å². The van der Waals surface area contributed by atoms with Gasteiger partial charge in [-0.05, 0) is 24.1 Å². The minimum atomic E-state index is -0.372. The standard InChI is InChI=1S/C17H20N4O3S/c1-19-13-14(20(2)17(23)21(3)15(13)22)18-16(19)25-9-8-11-6-5-7-12(10-11)24-4/h5-7,10H,8-9H2,1-4H3. The predicted octanol–water partition coefficient (Wildman–Crippen LogP) is 1.31. The van der Waals surface area contributed by atoms with Crippen molar-refractivity contribution in [3.8, 4) is 5.75 Å². The largest absolute Gasteiger partial charge is 0.497 e. The zero-order valence-corrected chi connectivity index (χ0v) is 15.5.